The lowest BCUT2D eigenvalue weighted by Crippen LogP contribution is -2.29. The molecule has 4 heteroatoms. The van der Waals surface area contributed by atoms with Crippen LogP contribution in [0.15, 0.2) is 24.3 Å². The second kappa shape index (κ2) is 10.5. The zero-order valence-corrected chi connectivity index (χ0v) is 13.4. The highest BCUT2D eigenvalue weighted by molar-refractivity contribution is 7.80. The number of thiocarbonyl (C=S) groups is 1. The highest BCUT2D eigenvalue weighted by Crippen LogP contribution is 2.23. The third-order valence-electron chi connectivity index (χ3n) is 3.00. The number of ether oxygens (including phenoxy) is 1. The van der Waals surface area contributed by atoms with E-state index < -0.39 is 0 Å². The summed E-state index contributed by atoms with van der Waals surface area (Å²) in [4.78, 5) is 0. The SMILES string of the molecule is CCCCCCCNC(=S)Nc1ccccc1OCC. The molecule has 2 N–H and O–H groups in total. The molecule has 3 nitrogen and oxygen atoms in total. The van der Waals surface area contributed by atoms with Gasteiger partial charge in [-0.15, -0.1) is 0 Å². The van der Waals surface area contributed by atoms with Crippen molar-refractivity contribution in [2.75, 3.05) is 18.5 Å². The maximum absolute atomic E-state index is 5.56. The number of rotatable bonds is 9. The molecular formula is C16H26N2OS. The van der Waals surface area contributed by atoms with Crippen LogP contribution in [0.25, 0.3) is 0 Å². The van der Waals surface area contributed by atoms with Gasteiger partial charge in [0.15, 0.2) is 5.11 Å². The van der Waals surface area contributed by atoms with Crippen LogP contribution in [0.2, 0.25) is 0 Å². The Morgan fingerprint density at radius 3 is 2.60 bits per heavy atom. The van der Waals surface area contributed by atoms with Crippen LogP contribution in [0.4, 0.5) is 5.69 Å². The molecule has 0 fully saturated rings. The van der Waals surface area contributed by atoms with E-state index in [1.165, 1.54) is 25.7 Å². The Bertz CT molecular complexity index is 396. The van der Waals surface area contributed by atoms with Gasteiger partial charge >= 0.3 is 0 Å². The number of para-hydroxylation sites is 2. The van der Waals surface area contributed by atoms with E-state index in [9.17, 15) is 0 Å². The van der Waals surface area contributed by atoms with Crippen molar-refractivity contribution < 1.29 is 4.74 Å². The molecule has 0 heterocycles. The van der Waals surface area contributed by atoms with E-state index in [0.29, 0.717) is 11.7 Å². The summed E-state index contributed by atoms with van der Waals surface area (Å²) in [5, 5.41) is 7.09. The van der Waals surface area contributed by atoms with Gasteiger partial charge in [-0.3, -0.25) is 0 Å². The van der Waals surface area contributed by atoms with E-state index in [1.54, 1.807) is 0 Å². The van der Waals surface area contributed by atoms with Crippen LogP contribution >= 0.6 is 12.2 Å². The summed E-state index contributed by atoms with van der Waals surface area (Å²) in [6, 6.07) is 7.85. The van der Waals surface area contributed by atoms with Gasteiger partial charge in [0.25, 0.3) is 0 Å². The molecule has 1 aromatic rings. The molecule has 0 aliphatic rings. The predicted octanol–water partition coefficient (Wildman–Crippen LogP) is 4.34. The Kier molecular flexibility index (Phi) is 8.79. The molecule has 0 spiro atoms. The van der Waals surface area contributed by atoms with Crippen LogP contribution in [0.1, 0.15) is 46.0 Å². The van der Waals surface area contributed by atoms with E-state index in [2.05, 4.69) is 17.6 Å². The molecule has 0 bridgehead atoms. The first-order valence-corrected chi connectivity index (χ1v) is 7.95. The van der Waals surface area contributed by atoms with Gasteiger partial charge in [-0.05, 0) is 37.7 Å². The van der Waals surface area contributed by atoms with Crippen molar-refractivity contribution in [3.05, 3.63) is 24.3 Å². The Morgan fingerprint density at radius 1 is 1.10 bits per heavy atom. The zero-order valence-electron chi connectivity index (χ0n) is 12.6. The molecule has 0 saturated carbocycles. The summed E-state index contributed by atoms with van der Waals surface area (Å²) in [6.07, 6.45) is 6.34. The van der Waals surface area contributed by atoms with Crippen LogP contribution in [-0.4, -0.2) is 18.3 Å². The van der Waals surface area contributed by atoms with Crippen molar-refractivity contribution in [2.24, 2.45) is 0 Å². The Morgan fingerprint density at radius 2 is 1.85 bits per heavy atom. The van der Waals surface area contributed by atoms with Gasteiger partial charge < -0.3 is 15.4 Å². The summed E-state index contributed by atoms with van der Waals surface area (Å²) in [7, 11) is 0. The van der Waals surface area contributed by atoms with E-state index in [4.69, 9.17) is 17.0 Å². The van der Waals surface area contributed by atoms with Crippen LogP contribution < -0.4 is 15.4 Å². The van der Waals surface area contributed by atoms with Crippen molar-refractivity contribution in [3.63, 3.8) is 0 Å². The minimum absolute atomic E-state index is 0.649. The van der Waals surface area contributed by atoms with Crippen molar-refractivity contribution in [3.8, 4) is 5.75 Å². The molecule has 0 atom stereocenters. The summed E-state index contributed by atoms with van der Waals surface area (Å²) in [5.41, 5.74) is 0.915. The maximum Gasteiger partial charge on any atom is 0.170 e. The molecule has 0 unspecified atom stereocenters. The quantitative estimate of drug-likeness (QED) is 0.524. The van der Waals surface area contributed by atoms with Crippen molar-refractivity contribution in [2.45, 2.75) is 46.0 Å². The number of unbranched alkanes of at least 4 members (excludes halogenated alkanes) is 4. The minimum atomic E-state index is 0.649. The number of hydrogen-bond acceptors (Lipinski definition) is 2. The first kappa shape index (κ1) is 16.8. The van der Waals surface area contributed by atoms with Gasteiger partial charge in [-0.25, -0.2) is 0 Å². The third-order valence-corrected chi connectivity index (χ3v) is 3.25. The molecular weight excluding hydrogens is 268 g/mol. The molecule has 0 radical (unpaired) electrons. The van der Waals surface area contributed by atoms with Crippen LogP contribution in [0.5, 0.6) is 5.75 Å². The molecule has 112 valence electrons. The average Bonchev–Trinajstić information content (AvgIpc) is 2.45. The highest BCUT2D eigenvalue weighted by Gasteiger charge is 2.03. The van der Waals surface area contributed by atoms with Gasteiger partial charge in [0, 0.05) is 6.54 Å². The van der Waals surface area contributed by atoms with Crippen molar-refractivity contribution >= 4 is 23.0 Å². The highest BCUT2D eigenvalue weighted by atomic mass is 32.1. The molecule has 20 heavy (non-hydrogen) atoms. The Hall–Kier alpha value is -1.29. The fraction of sp³-hybridized carbons (Fsp3) is 0.562. The van der Waals surface area contributed by atoms with Gasteiger partial charge in [0.05, 0.1) is 12.3 Å². The molecule has 1 rings (SSSR count). The van der Waals surface area contributed by atoms with Gasteiger partial charge in [0.1, 0.15) is 5.75 Å². The lowest BCUT2D eigenvalue weighted by molar-refractivity contribution is 0.342. The van der Waals surface area contributed by atoms with Crippen LogP contribution in [0.3, 0.4) is 0 Å². The van der Waals surface area contributed by atoms with Crippen molar-refractivity contribution in [1.82, 2.24) is 5.32 Å². The largest absolute Gasteiger partial charge is 0.492 e. The molecule has 0 aliphatic carbocycles. The monoisotopic (exact) mass is 294 g/mol. The average molecular weight is 294 g/mol. The summed E-state index contributed by atoms with van der Waals surface area (Å²) in [5.74, 6) is 0.835. The first-order valence-electron chi connectivity index (χ1n) is 7.54. The zero-order chi connectivity index (χ0) is 14.6. The van der Waals surface area contributed by atoms with Gasteiger partial charge in [-0.2, -0.15) is 0 Å². The normalized spacial score (nSPS) is 10.1. The fourth-order valence-electron chi connectivity index (χ4n) is 1.95. The Labute approximate surface area is 128 Å². The third kappa shape index (κ3) is 6.75. The summed E-state index contributed by atoms with van der Waals surface area (Å²) >= 11 is 5.30. The van der Waals surface area contributed by atoms with Gasteiger partial charge in [0.2, 0.25) is 0 Å². The number of hydrogen-bond donors (Lipinski definition) is 2. The smallest absolute Gasteiger partial charge is 0.170 e. The maximum atomic E-state index is 5.56. The molecule has 0 aliphatic heterocycles. The number of anilines is 1. The van der Waals surface area contributed by atoms with E-state index in [1.807, 2.05) is 31.2 Å². The molecule has 0 saturated heterocycles. The second-order valence-electron chi connectivity index (χ2n) is 4.72. The summed E-state index contributed by atoms with van der Waals surface area (Å²) in [6.45, 7) is 5.78. The number of benzene rings is 1. The first-order chi connectivity index (χ1) is 9.77. The predicted molar refractivity (Wildman–Crippen MR) is 90.6 cm³/mol. The molecule has 0 amide bonds. The standard InChI is InChI=1S/C16H26N2OS/c1-3-5-6-7-10-13-17-16(20)18-14-11-8-9-12-15(14)19-4-2/h8-9,11-12H,3-7,10,13H2,1-2H3,(H2,17,18,20). The fourth-order valence-corrected chi connectivity index (χ4v) is 2.16. The topological polar surface area (TPSA) is 33.3 Å². The van der Waals surface area contributed by atoms with Crippen molar-refractivity contribution in [1.29, 1.82) is 0 Å². The lowest BCUT2D eigenvalue weighted by Gasteiger charge is -2.14. The van der Waals surface area contributed by atoms with Crippen LogP contribution in [0, 0.1) is 0 Å². The van der Waals surface area contributed by atoms with E-state index in [-0.39, 0.29) is 0 Å². The molecule has 1 aromatic carbocycles. The summed E-state index contributed by atoms with van der Waals surface area (Å²) < 4.78 is 5.56. The second-order valence-corrected chi connectivity index (χ2v) is 5.13. The Balaban J connectivity index is 2.28. The minimum Gasteiger partial charge on any atom is -0.492 e. The van der Waals surface area contributed by atoms with E-state index >= 15 is 0 Å². The number of nitrogens with one attached hydrogen (secondary N) is 2. The molecule has 0 aromatic heterocycles. The van der Waals surface area contributed by atoms with E-state index in [0.717, 1.165) is 24.4 Å². The van der Waals surface area contributed by atoms with Crippen LogP contribution in [-0.2, 0) is 0 Å². The lowest BCUT2D eigenvalue weighted by atomic mass is 10.1. The van der Waals surface area contributed by atoms with Gasteiger partial charge in [-0.1, -0.05) is 44.7 Å².